The van der Waals surface area contributed by atoms with Crippen molar-refractivity contribution in [3.63, 3.8) is 0 Å². The van der Waals surface area contributed by atoms with Gasteiger partial charge in [0.1, 0.15) is 5.75 Å². The van der Waals surface area contributed by atoms with Gasteiger partial charge in [-0.1, -0.05) is 56.8 Å². The van der Waals surface area contributed by atoms with E-state index in [0.29, 0.717) is 5.75 Å². The van der Waals surface area contributed by atoms with Crippen molar-refractivity contribution >= 4 is 5.97 Å². The molecule has 2 heteroatoms. The van der Waals surface area contributed by atoms with Gasteiger partial charge in [0.25, 0.3) is 0 Å². The first-order chi connectivity index (χ1) is 15.7. The lowest BCUT2D eigenvalue weighted by atomic mass is 9.80. The second kappa shape index (κ2) is 12.8. The van der Waals surface area contributed by atoms with Crippen LogP contribution in [0.4, 0.5) is 0 Å². The fraction of sp³-hybridized carbons (Fsp3) is 0.433. The third kappa shape index (κ3) is 7.62. The van der Waals surface area contributed by atoms with Crippen LogP contribution >= 0.6 is 0 Å². The van der Waals surface area contributed by atoms with E-state index < -0.39 is 0 Å². The van der Waals surface area contributed by atoms with Gasteiger partial charge in [-0.15, -0.1) is 0 Å². The Morgan fingerprint density at radius 3 is 1.94 bits per heavy atom. The van der Waals surface area contributed by atoms with E-state index in [0.717, 1.165) is 61.1 Å². The van der Waals surface area contributed by atoms with Crippen molar-refractivity contribution in [3.05, 3.63) is 65.2 Å². The van der Waals surface area contributed by atoms with Crippen LogP contribution < -0.4 is 4.74 Å². The van der Waals surface area contributed by atoms with Gasteiger partial charge in [-0.05, 0) is 86.6 Å². The van der Waals surface area contributed by atoms with Gasteiger partial charge in [0, 0.05) is 23.1 Å². The van der Waals surface area contributed by atoms with Gasteiger partial charge < -0.3 is 4.74 Å². The van der Waals surface area contributed by atoms with E-state index in [9.17, 15) is 4.79 Å². The predicted molar refractivity (Wildman–Crippen MR) is 131 cm³/mol. The van der Waals surface area contributed by atoms with Crippen LogP contribution in [0.3, 0.4) is 0 Å². The molecule has 2 nitrogen and oxygen atoms in total. The molecule has 166 valence electrons. The summed E-state index contributed by atoms with van der Waals surface area (Å²) in [5, 5.41) is 0. The Kier molecular flexibility index (Phi) is 9.46. The molecule has 0 saturated heterocycles. The monoisotopic (exact) mass is 426 g/mol. The van der Waals surface area contributed by atoms with E-state index in [1.54, 1.807) is 0 Å². The lowest BCUT2D eigenvalue weighted by Gasteiger charge is -2.26. The molecule has 0 radical (unpaired) electrons. The molecule has 0 aromatic heterocycles. The van der Waals surface area contributed by atoms with Crippen molar-refractivity contribution in [2.75, 3.05) is 0 Å². The van der Waals surface area contributed by atoms with E-state index in [2.05, 4.69) is 37.5 Å². The molecule has 1 saturated carbocycles. The van der Waals surface area contributed by atoms with Gasteiger partial charge >= 0.3 is 5.97 Å². The Morgan fingerprint density at radius 2 is 1.38 bits per heavy atom. The first-order valence-electron chi connectivity index (χ1n) is 12.1. The minimum atomic E-state index is -0.0864. The van der Waals surface area contributed by atoms with E-state index >= 15 is 0 Å². The molecule has 1 aliphatic rings. The molecule has 2 aromatic rings. The maximum atomic E-state index is 12.5. The maximum Gasteiger partial charge on any atom is 0.314 e. The number of carbonyl (C=O) groups is 1. The van der Waals surface area contributed by atoms with Crippen LogP contribution in [-0.4, -0.2) is 5.97 Å². The van der Waals surface area contributed by atoms with Crippen molar-refractivity contribution in [1.29, 1.82) is 0 Å². The number of esters is 1. The molecule has 3 rings (SSSR count). The van der Waals surface area contributed by atoms with Crippen LogP contribution in [0.1, 0.15) is 88.3 Å². The SMILES string of the molecule is CCCCC#Cc1ccc(C#Cc2ccc(OC(=O)[C@H]3CC[C@H](CCC)CC3)cc2)cc1. The van der Waals surface area contributed by atoms with Crippen LogP contribution in [-0.2, 0) is 4.79 Å². The first kappa shape index (κ1) is 23.7. The summed E-state index contributed by atoms with van der Waals surface area (Å²) in [7, 11) is 0. The van der Waals surface area contributed by atoms with Gasteiger partial charge in [-0.3, -0.25) is 4.79 Å². The minimum absolute atomic E-state index is 0.0434. The highest BCUT2D eigenvalue weighted by Gasteiger charge is 2.27. The van der Waals surface area contributed by atoms with Gasteiger partial charge in [-0.25, -0.2) is 0 Å². The maximum absolute atomic E-state index is 12.5. The molecule has 0 atom stereocenters. The Labute approximate surface area is 193 Å². The summed E-state index contributed by atoms with van der Waals surface area (Å²) in [5.41, 5.74) is 2.88. The molecule has 1 fully saturated rings. The lowest BCUT2D eigenvalue weighted by Crippen LogP contribution is -2.25. The third-order valence-corrected chi connectivity index (χ3v) is 6.07. The standard InChI is InChI=1S/C30H34O2/c1-3-5-6-7-9-25-10-12-26(13-11-25)14-15-27-18-22-29(23-19-27)32-30(31)28-20-16-24(8-4-2)17-21-28/h10-13,18-19,22-24,28H,3-6,8,16-17,20-21H2,1-2H3/t24-,28-. The summed E-state index contributed by atoms with van der Waals surface area (Å²) in [6.45, 7) is 4.41. The summed E-state index contributed by atoms with van der Waals surface area (Å²) in [4.78, 5) is 12.5. The molecule has 0 unspecified atom stereocenters. The molecular formula is C30H34O2. The van der Waals surface area contributed by atoms with Crippen LogP contribution in [0.15, 0.2) is 48.5 Å². The highest BCUT2D eigenvalue weighted by atomic mass is 16.5. The molecule has 0 bridgehead atoms. The number of carbonyl (C=O) groups excluding carboxylic acids is 1. The number of hydrogen-bond acceptors (Lipinski definition) is 2. The van der Waals surface area contributed by atoms with E-state index in [1.807, 2.05) is 48.5 Å². The van der Waals surface area contributed by atoms with Crippen LogP contribution in [0, 0.1) is 35.5 Å². The summed E-state index contributed by atoms with van der Waals surface area (Å²) in [5.74, 6) is 14.1. The van der Waals surface area contributed by atoms with Crippen molar-refractivity contribution in [1.82, 2.24) is 0 Å². The highest BCUT2D eigenvalue weighted by Crippen LogP contribution is 2.32. The van der Waals surface area contributed by atoms with Gasteiger partial charge in [0.2, 0.25) is 0 Å². The number of unbranched alkanes of at least 4 members (excludes halogenated alkanes) is 2. The molecule has 32 heavy (non-hydrogen) atoms. The fourth-order valence-corrected chi connectivity index (χ4v) is 4.11. The van der Waals surface area contributed by atoms with E-state index in [-0.39, 0.29) is 11.9 Å². The zero-order chi connectivity index (χ0) is 22.6. The fourth-order valence-electron chi connectivity index (χ4n) is 4.11. The van der Waals surface area contributed by atoms with Crippen LogP contribution in [0.5, 0.6) is 5.75 Å². The molecule has 0 aliphatic heterocycles. The molecule has 1 aliphatic carbocycles. The zero-order valence-electron chi connectivity index (χ0n) is 19.5. The molecule has 0 heterocycles. The molecule has 0 spiro atoms. The number of ether oxygens (including phenoxy) is 1. The van der Waals surface area contributed by atoms with Crippen molar-refractivity contribution in [3.8, 4) is 29.4 Å². The molecule has 2 aromatic carbocycles. The summed E-state index contributed by atoms with van der Waals surface area (Å²) in [6.07, 6.45) is 9.98. The Hall–Kier alpha value is -2.97. The summed E-state index contributed by atoms with van der Waals surface area (Å²) >= 11 is 0. The van der Waals surface area contributed by atoms with Gasteiger partial charge in [0.05, 0.1) is 5.92 Å². The molecule has 0 amide bonds. The number of rotatable bonds is 6. The van der Waals surface area contributed by atoms with E-state index in [1.165, 1.54) is 19.3 Å². The van der Waals surface area contributed by atoms with Gasteiger partial charge in [-0.2, -0.15) is 0 Å². The topological polar surface area (TPSA) is 26.3 Å². The second-order valence-electron chi connectivity index (χ2n) is 8.68. The average molecular weight is 427 g/mol. The number of benzene rings is 2. The smallest absolute Gasteiger partial charge is 0.314 e. The highest BCUT2D eigenvalue weighted by molar-refractivity contribution is 5.75. The summed E-state index contributed by atoms with van der Waals surface area (Å²) < 4.78 is 5.63. The Balaban J connectivity index is 1.50. The average Bonchev–Trinajstić information content (AvgIpc) is 2.83. The quantitative estimate of drug-likeness (QED) is 0.212. The molecular weight excluding hydrogens is 392 g/mol. The minimum Gasteiger partial charge on any atom is -0.426 e. The predicted octanol–water partition coefficient (Wildman–Crippen LogP) is 7.14. The lowest BCUT2D eigenvalue weighted by molar-refractivity contribution is -0.140. The van der Waals surface area contributed by atoms with E-state index in [4.69, 9.17) is 4.74 Å². The normalized spacial score (nSPS) is 17.4. The van der Waals surface area contributed by atoms with Gasteiger partial charge in [0.15, 0.2) is 0 Å². The van der Waals surface area contributed by atoms with Crippen LogP contribution in [0.25, 0.3) is 0 Å². The number of hydrogen-bond donors (Lipinski definition) is 0. The van der Waals surface area contributed by atoms with Crippen molar-refractivity contribution in [2.45, 2.75) is 71.6 Å². The second-order valence-corrected chi connectivity index (χ2v) is 8.68. The Morgan fingerprint density at radius 1 is 0.812 bits per heavy atom. The zero-order valence-corrected chi connectivity index (χ0v) is 19.5. The molecule has 0 N–H and O–H groups in total. The first-order valence-corrected chi connectivity index (χ1v) is 12.1. The third-order valence-electron chi connectivity index (χ3n) is 6.07. The van der Waals surface area contributed by atoms with Crippen molar-refractivity contribution in [2.24, 2.45) is 11.8 Å². The van der Waals surface area contributed by atoms with Crippen LogP contribution in [0.2, 0.25) is 0 Å². The largest absolute Gasteiger partial charge is 0.426 e. The summed E-state index contributed by atoms with van der Waals surface area (Å²) in [6, 6.07) is 15.5. The van der Waals surface area contributed by atoms with Crippen molar-refractivity contribution < 1.29 is 9.53 Å². The Bertz CT molecular complexity index is 970.